The van der Waals surface area contributed by atoms with Gasteiger partial charge < -0.3 is 19.9 Å². The van der Waals surface area contributed by atoms with Gasteiger partial charge in [0.1, 0.15) is 17.2 Å². The van der Waals surface area contributed by atoms with Crippen molar-refractivity contribution in [3.05, 3.63) is 40.6 Å². The summed E-state index contributed by atoms with van der Waals surface area (Å²) in [5, 5.41) is 0. The quantitative estimate of drug-likeness (QED) is 0.825. The molecule has 0 bridgehead atoms. The number of aromatic amines is 1. The van der Waals surface area contributed by atoms with E-state index in [1.807, 2.05) is 19.1 Å². The lowest BCUT2D eigenvalue weighted by atomic mass is 9.85. The fourth-order valence-corrected chi connectivity index (χ4v) is 2.82. The summed E-state index contributed by atoms with van der Waals surface area (Å²) in [4.78, 5) is 26.9. The number of aryl methyl sites for hydroxylation is 1. The molecule has 0 fully saturated rings. The van der Waals surface area contributed by atoms with E-state index in [0.29, 0.717) is 24.1 Å². The van der Waals surface area contributed by atoms with E-state index in [2.05, 4.69) is 9.72 Å². The number of furan rings is 1. The molecule has 21 heavy (non-hydrogen) atoms. The minimum absolute atomic E-state index is 0.0396. The third-order valence-corrected chi connectivity index (χ3v) is 3.83. The first-order valence-corrected chi connectivity index (χ1v) is 6.69. The van der Waals surface area contributed by atoms with E-state index in [-0.39, 0.29) is 23.1 Å². The van der Waals surface area contributed by atoms with Crippen molar-refractivity contribution in [1.29, 1.82) is 0 Å². The van der Waals surface area contributed by atoms with Gasteiger partial charge in [-0.05, 0) is 25.5 Å². The smallest absolute Gasteiger partial charge is 0.356 e. The van der Waals surface area contributed by atoms with Crippen molar-refractivity contribution in [2.75, 3.05) is 12.8 Å². The molecule has 2 aromatic heterocycles. The van der Waals surface area contributed by atoms with Crippen molar-refractivity contribution in [3.8, 4) is 0 Å². The van der Waals surface area contributed by atoms with Gasteiger partial charge in [-0.15, -0.1) is 0 Å². The number of nitrogen functional groups attached to an aromatic ring is 1. The number of carbonyl (C=O) groups is 2. The number of carbonyl (C=O) groups excluding carboxylic acids is 2. The number of anilines is 1. The summed E-state index contributed by atoms with van der Waals surface area (Å²) < 4.78 is 10.3. The van der Waals surface area contributed by atoms with Crippen LogP contribution < -0.4 is 5.73 Å². The molecular formula is C15H16N2O4. The number of rotatable bonds is 2. The van der Waals surface area contributed by atoms with E-state index >= 15 is 0 Å². The van der Waals surface area contributed by atoms with E-state index in [0.717, 1.165) is 11.5 Å². The predicted octanol–water partition coefficient (Wildman–Crippen LogP) is 2.20. The number of ether oxygens (including phenoxy) is 1. The highest BCUT2D eigenvalue weighted by atomic mass is 16.5. The highest BCUT2D eigenvalue weighted by Crippen LogP contribution is 2.37. The van der Waals surface area contributed by atoms with Gasteiger partial charge in [-0.25, -0.2) is 4.79 Å². The number of Topliss-reactive ketones (excluding diaryl/α,β-unsaturated/α-hetero) is 1. The molecule has 0 saturated carbocycles. The van der Waals surface area contributed by atoms with Gasteiger partial charge in [0, 0.05) is 18.0 Å². The summed E-state index contributed by atoms with van der Waals surface area (Å²) in [5.74, 6) is 0.894. The number of esters is 1. The maximum absolute atomic E-state index is 12.3. The largest absolute Gasteiger partial charge is 0.466 e. The fourth-order valence-electron chi connectivity index (χ4n) is 2.82. The average Bonchev–Trinajstić information content (AvgIpc) is 3.02. The second-order valence-corrected chi connectivity index (χ2v) is 5.24. The fraction of sp³-hybridized carbons (Fsp3) is 0.333. The number of nitrogens with two attached hydrogens (primary N) is 1. The highest BCUT2D eigenvalue weighted by Gasteiger charge is 2.33. The molecule has 6 heteroatoms. The SMILES string of the molecule is COC(=O)c1[nH]c2c(c1N)C(=O)CC(c1ccc(C)o1)C2. The third-order valence-electron chi connectivity index (χ3n) is 3.83. The first kappa shape index (κ1) is 13.5. The number of hydrogen-bond acceptors (Lipinski definition) is 5. The predicted molar refractivity (Wildman–Crippen MR) is 75.4 cm³/mol. The molecule has 0 aromatic carbocycles. The van der Waals surface area contributed by atoms with Crippen molar-refractivity contribution in [3.63, 3.8) is 0 Å². The Balaban J connectivity index is 1.99. The summed E-state index contributed by atoms with van der Waals surface area (Å²) in [6.07, 6.45) is 0.901. The van der Waals surface area contributed by atoms with Crippen molar-refractivity contribution in [1.82, 2.24) is 4.98 Å². The van der Waals surface area contributed by atoms with Crippen LogP contribution in [-0.2, 0) is 11.2 Å². The van der Waals surface area contributed by atoms with Crippen LogP contribution in [0.1, 0.15) is 50.4 Å². The number of methoxy groups -OCH3 is 1. The molecule has 110 valence electrons. The van der Waals surface area contributed by atoms with Crippen LogP contribution in [0.5, 0.6) is 0 Å². The Labute approximate surface area is 121 Å². The Hall–Kier alpha value is -2.50. The van der Waals surface area contributed by atoms with Gasteiger partial charge >= 0.3 is 5.97 Å². The van der Waals surface area contributed by atoms with Crippen LogP contribution in [0.2, 0.25) is 0 Å². The molecule has 2 heterocycles. The van der Waals surface area contributed by atoms with E-state index in [9.17, 15) is 9.59 Å². The Morgan fingerprint density at radius 1 is 1.43 bits per heavy atom. The molecule has 6 nitrogen and oxygen atoms in total. The lowest BCUT2D eigenvalue weighted by Crippen LogP contribution is -2.18. The third kappa shape index (κ3) is 2.12. The maximum Gasteiger partial charge on any atom is 0.356 e. The van der Waals surface area contributed by atoms with Crippen LogP contribution in [0.4, 0.5) is 5.69 Å². The van der Waals surface area contributed by atoms with E-state index in [1.165, 1.54) is 7.11 Å². The summed E-state index contributed by atoms with van der Waals surface area (Å²) >= 11 is 0. The van der Waals surface area contributed by atoms with Crippen LogP contribution in [-0.4, -0.2) is 23.8 Å². The minimum Gasteiger partial charge on any atom is -0.466 e. The van der Waals surface area contributed by atoms with Crippen LogP contribution in [0.15, 0.2) is 16.5 Å². The number of H-pyrrole nitrogens is 1. The summed E-state index contributed by atoms with van der Waals surface area (Å²) in [6.45, 7) is 1.86. The maximum atomic E-state index is 12.3. The second-order valence-electron chi connectivity index (χ2n) is 5.24. The second kappa shape index (κ2) is 4.80. The van der Waals surface area contributed by atoms with Crippen molar-refractivity contribution >= 4 is 17.4 Å². The molecule has 1 unspecified atom stereocenters. The van der Waals surface area contributed by atoms with Crippen molar-refractivity contribution in [2.24, 2.45) is 0 Å². The minimum atomic E-state index is -0.569. The molecule has 0 amide bonds. The first-order valence-electron chi connectivity index (χ1n) is 6.69. The number of hydrogen-bond donors (Lipinski definition) is 2. The van der Waals surface area contributed by atoms with Gasteiger partial charge in [-0.1, -0.05) is 0 Å². The zero-order chi connectivity index (χ0) is 15.1. The van der Waals surface area contributed by atoms with Gasteiger partial charge in [0.15, 0.2) is 5.78 Å². The molecule has 0 spiro atoms. The molecule has 0 radical (unpaired) electrons. The summed E-state index contributed by atoms with van der Waals surface area (Å²) in [6, 6.07) is 3.75. The van der Waals surface area contributed by atoms with E-state index in [1.54, 1.807) is 0 Å². The van der Waals surface area contributed by atoms with Gasteiger partial charge in [0.25, 0.3) is 0 Å². The summed E-state index contributed by atoms with van der Waals surface area (Å²) in [5.41, 5.74) is 7.31. The zero-order valence-corrected chi connectivity index (χ0v) is 11.9. The number of nitrogens with one attached hydrogen (secondary N) is 1. The molecule has 2 aromatic rings. The van der Waals surface area contributed by atoms with Gasteiger partial charge in [0.2, 0.25) is 0 Å². The Kier molecular flexibility index (Phi) is 3.08. The van der Waals surface area contributed by atoms with Gasteiger partial charge in [0.05, 0.1) is 18.4 Å². The van der Waals surface area contributed by atoms with E-state index in [4.69, 9.17) is 10.2 Å². The van der Waals surface area contributed by atoms with Crippen LogP contribution in [0.3, 0.4) is 0 Å². The number of aromatic nitrogens is 1. The number of fused-ring (bicyclic) bond motifs is 1. The lowest BCUT2D eigenvalue weighted by Gasteiger charge is -2.19. The Morgan fingerprint density at radius 2 is 2.19 bits per heavy atom. The molecule has 1 aliphatic carbocycles. The molecule has 1 atom stereocenters. The average molecular weight is 288 g/mol. The normalized spacial score (nSPS) is 17.6. The molecule has 0 saturated heterocycles. The molecule has 0 aliphatic heterocycles. The van der Waals surface area contributed by atoms with Crippen molar-refractivity contribution < 1.29 is 18.7 Å². The number of ketones is 1. The van der Waals surface area contributed by atoms with Gasteiger partial charge in [-0.2, -0.15) is 0 Å². The van der Waals surface area contributed by atoms with Crippen LogP contribution >= 0.6 is 0 Å². The standard InChI is InChI=1S/C15H16N2O4/c1-7-3-4-11(21-7)8-5-9-12(10(18)6-8)13(16)14(17-9)15(19)20-2/h3-4,8,17H,5-6,16H2,1-2H3. The monoisotopic (exact) mass is 288 g/mol. The van der Waals surface area contributed by atoms with Crippen LogP contribution in [0, 0.1) is 6.92 Å². The first-order chi connectivity index (χ1) is 10.0. The molecule has 3 N–H and O–H groups in total. The van der Waals surface area contributed by atoms with E-state index < -0.39 is 5.97 Å². The zero-order valence-electron chi connectivity index (χ0n) is 11.9. The van der Waals surface area contributed by atoms with Gasteiger partial charge in [-0.3, -0.25) is 4.79 Å². The van der Waals surface area contributed by atoms with Crippen LogP contribution in [0.25, 0.3) is 0 Å². The Bertz CT molecular complexity index is 726. The molecule has 3 rings (SSSR count). The molecular weight excluding hydrogens is 272 g/mol. The van der Waals surface area contributed by atoms with Crippen molar-refractivity contribution in [2.45, 2.75) is 25.7 Å². The lowest BCUT2D eigenvalue weighted by molar-refractivity contribution is 0.0595. The Morgan fingerprint density at radius 3 is 2.81 bits per heavy atom. The highest BCUT2D eigenvalue weighted by molar-refractivity contribution is 6.08. The summed E-state index contributed by atoms with van der Waals surface area (Å²) in [7, 11) is 1.28. The molecule has 1 aliphatic rings. The topological polar surface area (TPSA) is 98.3 Å².